The third-order valence-electron chi connectivity index (χ3n) is 2.50. The van der Waals surface area contributed by atoms with Gasteiger partial charge in [0.05, 0.1) is 13.7 Å². The van der Waals surface area contributed by atoms with Crippen LogP contribution in [0.1, 0.15) is 5.56 Å². The van der Waals surface area contributed by atoms with E-state index in [4.69, 9.17) is 14.6 Å². The second-order valence-electron chi connectivity index (χ2n) is 3.93. The van der Waals surface area contributed by atoms with Crippen LogP contribution in [0.4, 0.5) is 0 Å². The molecule has 108 valence electrons. The molecule has 1 amide bonds. The van der Waals surface area contributed by atoms with E-state index >= 15 is 0 Å². The van der Waals surface area contributed by atoms with E-state index in [0.717, 1.165) is 5.56 Å². The normalized spacial score (nSPS) is 12.1. The maximum atomic E-state index is 11.6. The van der Waals surface area contributed by atoms with Gasteiger partial charge in [-0.15, -0.1) is 0 Å². The molecule has 0 fully saturated rings. The molecule has 0 aliphatic carbocycles. The van der Waals surface area contributed by atoms with Crippen LogP contribution in [-0.2, 0) is 14.3 Å². The van der Waals surface area contributed by atoms with Gasteiger partial charge in [-0.05, 0) is 12.1 Å². The van der Waals surface area contributed by atoms with Gasteiger partial charge in [-0.25, -0.2) is 4.79 Å². The number of carboxylic acids is 1. The first-order valence-corrected chi connectivity index (χ1v) is 5.91. The van der Waals surface area contributed by atoms with E-state index in [1.54, 1.807) is 18.2 Å². The van der Waals surface area contributed by atoms with Crippen LogP contribution in [-0.4, -0.2) is 43.9 Å². The highest BCUT2D eigenvalue weighted by atomic mass is 16.5. The molecule has 0 spiro atoms. The summed E-state index contributed by atoms with van der Waals surface area (Å²) in [4.78, 5) is 22.5. The lowest BCUT2D eigenvalue weighted by atomic mass is 10.2. The van der Waals surface area contributed by atoms with Gasteiger partial charge >= 0.3 is 5.97 Å². The minimum absolute atomic E-state index is 0.0937. The molecule has 6 nitrogen and oxygen atoms in total. The van der Waals surface area contributed by atoms with E-state index in [1.807, 2.05) is 12.1 Å². The van der Waals surface area contributed by atoms with Crippen LogP contribution in [0.5, 0.6) is 5.75 Å². The highest BCUT2D eigenvalue weighted by Gasteiger charge is 2.18. The fourth-order valence-corrected chi connectivity index (χ4v) is 1.53. The number of amides is 1. The summed E-state index contributed by atoms with van der Waals surface area (Å²) in [6.45, 7) is -0.0937. The average molecular weight is 279 g/mol. The summed E-state index contributed by atoms with van der Waals surface area (Å²) >= 11 is 0. The Kier molecular flexibility index (Phi) is 6.25. The summed E-state index contributed by atoms with van der Waals surface area (Å²) in [5.74, 6) is -1.03. The van der Waals surface area contributed by atoms with E-state index in [2.05, 4.69) is 5.32 Å². The van der Waals surface area contributed by atoms with E-state index < -0.39 is 17.9 Å². The number of methoxy groups -OCH3 is 2. The lowest BCUT2D eigenvalue weighted by Gasteiger charge is -2.11. The molecule has 2 N–H and O–H groups in total. The van der Waals surface area contributed by atoms with Gasteiger partial charge in [0.2, 0.25) is 5.91 Å². The number of hydrogen-bond acceptors (Lipinski definition) is 4. The van der Waals surface area contributed by atoms with Crippen molar-refractivity contribution in [1.82, 2.24) is 5.32 Å². The Morgan fingerprint density at radius 2 is 2.05 bits per heavy atom. The summed E-state index contributed by atoms with van der Waals surface area (Å²) < 4.78 is 9.86. The number of carbonyl (C=O) groups is 2. The Morgan fingerprint density at radius 1 is 1.35 bits per heavy atom. The first-order chi connectivity index (χ1) is 9.58. The van der Waals surface area contributed by atoms with Crippen molar-refractivity contribution in [2.75, 3.05) is 20.8 Å². The predicted molar refractivity (Wildman–Crippen MR) is 73.5 cm³/mol. The van der Waals surface area contributed by atoms with Gasteiger partial charge in [-0.3, -0.25) is 4.79 Å². The standard InChI is InChI=1S/C14H17NO5/c1-19-9-11(14(17)18)15-13(16)8-7-10-5-3-4-6-12(10)20-2/h3-8,11H,9H2,1-2H3,(H,15,16)(H,17,18)/b8-7+. The Bertz CT molecular complexity index is 498. The zero-order valence-electron chi connectivity index (χ0n) is 11.3. The van der Waals surface area contributed by atoms with Crippen molar-refractivity contribution in [3.05, 3.63) is 35.9 Å². The maximum Gasteiger partial charge on any atom is 0.328 e. The number of rotatable bonds is 7. The van der Waals surface area contributed by atoms with Crippen LogP contribution in [0.15, 0.2) is 30.3 Å². The monoisotopic (exact) mass is 279 g/mol. The number of aliphatic carboxylic acids is 1. The van der Waals surface area contributed by atoms with Gasteiger partial charge < -0.3 is 19.9 Å². The van der Waals surface area contributed by atoms with Crippen molar-refractivity contribution >= 4 is 18.0 Å². The van der Waals surface area contributed by atoms with Crippen LogP contribution in [0, 0.1) is 0 Å². The number of carbonyl (C=O) groups excluding carboxylic acids is 1. The molecule has 0 aliphatic rings. The largest absolute Gasteiger partial charge is 0.496 e. The highest BCUT2D eigenvalue weighted by molar-refractivity contribution is 5.94. The Hall–Kier alpha value is -2.34. The molecule has 0 heterocycles. The topological polar surface area (TPSA) is 84.9 Å². The number of para-hydroxylation sites is 1. The Balaban J connectivity index is 2.69. The number of nitrogens with one attached hydrogen (secondary N) is 1. The van der Waals surface area contributed by atoms with Crippen molar-refractivity contribution in [1.29, 1.82) is 0 Å². The summed E-state index contributed by atoms with van der Waals surface area (Å²) in [5, 5.41) is 11.2. The minimum atomic E-state index is -1.15. The molecule has 0 saturated carbocycles. The molecule has 1 rings (SSSR count). The fraction of sp³-hybridized carbons (Fsp3) is 0.286. The maximum absolute atomic E-state index is 11.6. The van der Waals surface area contributed by atoms with Gasteiger partial charge in [0, 0.05) is 18.7 Å². The average Bonchev–Trinajstić information content (AvgIpc) is 2.44. The molecular formula is C14H17NO5. The number of hydrogen-bond donors (Lipinski definition) is 2. The zero-order valence-corrected chi connectivity index (χ0v) is 11.3. The second kappa shape index (κ2) is 7.96. The predicted octanol–water partition coefficient (Wildman–Crippen LogP) is 0.924. The van der Waals surface area contributed by atoms with Crippen molar-refractivity contribution in [2.45, 2.75) is 6.04 Å². The molecule has 0 aromatic heterocycles. The second-order valence-corrected chi connectivity index (χ2v) is 3.93. The molecule has 1 atom stereocenters. The molecule has 20 heavy (non-hydrogen) atoms. The van der Waals surface area contributed by atoms with Gasteiger partial charge in [-0.1, -0.05) is 18.2 Å². The van der Waals surface area contributed by atoms with Crippen molar-refractivity contribution in [3.63, 3.8) is 0 Å². The number of ether oxygens (including phenoxy) is 2. The van der Waals surface area contributed by atoms with Gasteiger partial charge in [0.25, 0.3) is 0 Å². The molecule has 1 aromatic rings. The summed E-state index contributed by atoms with van der Waals surface area (Å²) in [6, 6.07) is 6.10. The lowest BCUT2D eigenvalue weighted by molar-refractivity contribution is -0.142. The quantitative estimate of drug-likeness (QED) is 0.725. The smallest absolute Gasteiger partial charge is 0.328 e. The summed E-state index contributed by atoms with van der Waals surface area (Å²) in [7, 11) is 2.90. The Morgan fingerprint density at radius 3 is 2.65 bits per heavy atom. The fourth-order valence-electron chi connectivity index (χ4n) is 1.53. The lowest BCUT2D eigenvalue weighted by Crippen LogP contribution is -2.43. The zero-order chi connectivity index (χ0) is 15.0. The molecule has 0 radical (unpaired) electrons. The third-order valence-corrected chi connectivity index (χ3v) is 2.50. The van der Waals surface area contributed by atoms with Gasteiger partial charge in [0.15, 0.2) is 6.04 Å². The van der Waals surface area contributed by atoms with Gasteiger partial charge in [0.1, 0.15) is 5.75 Å². The molecule has 0 bridgehead atoms. The highest BCUT2D eigenvalue weighted by Crippen LogP contribution is 2.18. The summed E-state index contributed by atoms with van der Waals surface area (Å²) in [6.07, 6.45) is 2.81. The Labute approximate surface area is 117 Å². The molecular weight excluding hydrogens is 262 g/mol. The van der Waals surface area contributed by atoms with Crippen LogP contribution >= 0.6 is 0 Å². The van der Waals surface area contributed by atoms with E-state index in [9.17, 15) is 9.59 Å². The van der Waals surface area contributed by atoms with E-state index in [0.29, 0.717) is 5.75 Å². The van der Waals surface area contributed by atoms with Crippen LogP contribution in [0.2, 0.25) is 0 Å². The molecule has 6 heteroatoms. The van der Waals surface area contributed by atoms with Crippen LogP contribution in [0.3, 0.4) is 0 Å². The number of benzene rings is 1. The molecule has 0 saturated heterocycles. The molecule has 1 unspecified atom stereocenters. The van der Waals surface area contributed by atoms with Crippen molar-refractivity contribution in [2.24, 2.45) is 0 Å². The molecule has 1 aromatic carbocycles. The van der Waals surface area contributed by atoms with E-state index in [1.165, 1.54) is 20.3 Å². The van der Waals surface area contributed by atoms with Gasteiger partial charge in [-0.2, -0.15) is 0 Å². The van der Waals surface area contributed by atoms with Crippen LogP contribution < -0.4 is 10.1 Å². The summed E-state index contributed by atoms with van der Waals surface area (Å²) in [5.41, 5.74) is 0.726. The third kappa shape index (κ3) is 4.74. The number of carboxylic acid groups (broad SMARTS) is 1. The van der Waals surface area contributed by atoms with Crippen molar-refractivity contribution in [3.8, 4) is 5.75 Å². The first-order valence-electron chi connectivity index (χ1n) is 5.91. The first kappa shape index (κ1) is 15.7. The van der Waals surface area contributed by atoms with Crippen LogP contribution in [0.25, 0.3) is 6.08 Å². The minimum Gasteiger partial charge on any atom is -0.496 e. The van der Waals surface area contributed by atoms with Crippen molar-refractivity contribution < 1.29 is 24.2 Å². The SMILES string of the molecule is COCC(NC(=O)/C=C/c1ccccc1OC)C(=O)O. The molecule has 0 aliphatic heterocycles. The van der Waals surface area contributed by atoms with E-state index in [-0.39, 0.29) is 6.61 Å².